The number of aromatic nitrogens is 2. The topological polar surface area (TPSA) is 122 Å². The van der Waals surface area contributed by atoms with Gasteiger partial charge >= 0.3 is 0 Å². The average Bonchev–Trinajstić information content (AvgIpc) is 3.38. The highest BCUT2D eigenvalue weighted by atomic mass is 32.2. The number of carbonyl (C=O) groups excluding carboxylic acids is 1. The first-order valence-corrected chi connectivity index (χ1v) is 11.4. The van der Waals surface area contributed by atoms with Gasteiger partial charge in [0, 0.05) is 29.9 Å². The molecule has 9 heteroatoms. The number of nitrogens with two attached hydrogens (primary N) is 1. The van der Waals surface area contributed by atoms with Crippen LogP contribution in [0.1, 0.15) is 56.7 Å². The van der Waals surface area contributed by atoms with E-state index in [9.17, 15) is 4.21 Å². The number of ether oxygens (including phenoxy) is 1. The largest absolute Gasteiger partial charge is 0.376 e. The van der Waals surface area contributed by atoms with Crippen molar-refractivity contribution in [2.24, 2.45) is 5.73 Å². The number of benzene rings is 1. The van der Waals surface area contributed by atoms with E-state index >= 15 is 0 Å². The molecule has 1 aliphatic carbocycles. The molecule has 0 radical (unpaired) electrons. The molecule has 1 aromatic heterocycles. The van der Waals surface area contributed by atoms with Crippen molar-refractivity contribution >= 4 is 29.3 Å². The molecule has 4 rings (SSSR count). The van der Waals surface area contributed by atoms with E-state index in [2.05, 4.69) is 45.9 Å². The Labute approximate surface area is 180 Å². The highest BCUT2D eigenvalue weighted by Gasteiger charge is 2.25. The van der Waals surface area contributed by atoms with Crippen molar-refractivity contribution in [2.75, 3.05) is 12.4 Å². The molecule has 166 valence electrons. The molecule has 30 heavy (non-hydrogen) atoms. The van der Waals surface area contributed by atoms with Gasteiger partial charge in [0.05, 0.1) is 17.1 Å². The first kappa shape index (κ1) is 24.2. The minimum atomic E-state index is -1.07. The summed E-state index contributed by atoms with van der Waals surface area (Å²) in [5.41, 5.74) is 7.74. The minimum absolute atomic E-state index is 0.305. The van der Waals surface area contributed by atoms with Crippen LogP contribution < -0.4 is 15.8 Å². The molecule has 1 aromatic carbocycles. The summed E-state index contributed by atoms with van der Waals surface area (Å²) < 4.78 is 20.6. The lowest BCUT2D eigenvalue weighted by atomic mass is 9.85. The molecular formula is C21H33N5O3S. The first-order valence-electron chi connectivity index (χ1n) is 10.2. The summed E-state index contributed by atoms with van der Waals surface area (Å²) in [7, 11) is 0.431. The van der Waals surface area contributed by atoms with Crippen LogP contribution in [0.25, 0.3) is 0 Å². The van der Waals surface area contributed by atoms with Crippen LogP contribution in [0.15, 0.2) is 29.2 Å². The van der Waals surface area contributed by atoms with Crippen molar-refractivity contribution in [3.63, 3.8) is 0 Å². The number of fused-ring (bicyclic) bond motifs is 1. The third-order valence-corrected chi connectivity index (χ3v) is 6.31. The molecule has 2 aliphatic rings. The molecule has 1 unspecified atom stereocenters. The third-order valence-electron chi connectivity index (χ3n) is 5.10. The highest BCUT2D eigenvalue weighted by Crippen LogP contribution is 2.34. The second-order valence-electron chi connectivity index (χ2n) is 7.40. The quantitative estimate of drug-likeness (QED) is 0.572. The average molecular weight is 436 g/mol. The molecule has 0 bridgehead atoms. The predicted molar refractivity (Wildman–Crippen MR) is 120 cm³/mol. The fourth-order valence-corrected chi connectivity index (χ4v) is 4.85. The van der Waals surface area contributed by atoms with Crippen LogP contribution in [0.5, 0.6) is 0 Å². The Morgan fingerprint density at radius 3 is 2.57 bits per heavy atom. The normalized spacial score (nSPS) is 22.4. The molecule has 2 heterocycles. The molecule has 1 aliphatic heterocycles. The second-order valence-corrected chi connectivity index (χ2v) is 8.67. The molecule has 1 atom stereocenters. The van der Waals surface area contributed by atoms with Gasteiger partial charge in [0.25, 0.3) is 0 Å². The van der Waals surface area contributed by atoms with E-state index in [4.69, 9.17) is 9.53 Å². The van der Waals surface area contributed by atoms with Gasteiger partial charge in [-0.05, 0) is 70.3 Å². The zero-order chi connectivity index (χ0) is 22.1. The van der Waals surface area contributed by atoms with Crippen LogP contribution in [-0.4, -0.2) is 40.5 Å². The molecule has 0 amide bonds. The van der Waals surface area contributed by atoms with Crippen molar-refractivity contribution in [1.29, 1.82) is 0 Å². The van der Waals surface area contributed by atoms with Gasteiger partial charge in [0.15, 0.2) is 5.82 Å². The number of nitrogens with one attached hydrogen (secondary N) is 3. The van der Waals surface area contributed by atoms with E-state index < -0.39 is 11.0 Å². The molecular weight excluding hydrogens is 402 g/mol. The van der Waals surface area contributed by atoms with Gasteiger partial charge < -0.3 is 20.6 Å². The Bertz CT molecular complexity index is 819. The van der Waals surface area contributed by atoms with Crippen molar-refractivity contribution in [3.05, 3.63) is 35.5 Å². The standard InChI is InChI=1S/C19H26N4O2S.CH5N.CH2O/c1-12(2)25-16-6-3-13(4-7-16)17-10-19(23-22-17)21-15-5-8-18-14(9-15)11-20-26(18)24;2*1-2/h5,8-10,12-13,16,20H,3-4,6-7,11H2,1-2H3,(H2,21,22,23);2H2,1H3;1H2. The minimum Gasteiger partial charge on any atom is -0.376 e. The van der Waals surface area contributed by atoms with Crippen LogP contribution >= 0.6 is 0 Å². The number of anilines is 2. The van der Waals surface area contributed by atoms with Gasteiger partial charge in [-0.3, -0.25) is 5.10 Å². The Hall–Kier alpha value is -2.07. The maximum Gasteiger partial charge on any atom is 0.152 e. The van der Waals surface area contributed by atoms with Gasteiger partial charge in [-0.2, -0.15) is 5.10 Å². The monoisotopic (exact) mass is 435 g/mol. The van der Waals surface area contributed by atoms with Crippen LogP contribution in [-0.2, 0) is 27.1 Å². The van der Waals surface area contributed by atoms with Gasteiger partial charge in [-0.15, -0.1) is 0 Å². The summed E-state index contributed by atoms with van der Waals surface area (Å²) in [4.78, 5) is 8.87. The summed E-state index contributed by atoms with van der Waals surface area (Å²) in [5, 5.41) is 11.0. The van der Waals surface area contributed by atoms with Crippen molar-refractivity contribution in [3.8, 4) is 0 Å². The zero-order valence-electron chi connectivity index (χ0n) is 17.9. The SMILES string of the molecule is C=O.CC(C)OC1CCC(c2cc(Nc3ccc4c(c3)CNS4=O)n[nH]2)CC1.CN. The summed E-state index contributed by atoms with van der Waals surface area (Å²) in [6, 6.07) is 8.01. The summed E-state index contributed by atoms with van der Waals surface area (Å²) in [6.07, 6.45) is 5.20. The Morgan fingerprint density at radius 2 is 1.90 bits per heavy atom. The smallest absolute Gasteiger partial charge is 0.152 e. The maximum absolute atomic E-state index is 11.7. The molecule has 8 nitrogen and oxygen atoms in total. The number of aromatic amines is 1. The number of rotatable bonds is 5. The molecule has 5 N–H and O–H groups in total. The fourth-order valence-electron chi connectivity index (χ4n) is 3.85. The van der Waals surface area contributed by atoms with Gasteiger partial charge in [0.2, 0.25) is 0 Å². The molecule has 1 saturated carbocycles. The zero-order valence-corrected chi connectivity index (χ0v) is 18.8. The lowest BCUT2D eigenvalue weighted by molar-refractivity contribution is -0.0980. The van der Waals surface area contributed by atoms with E-state index in [1.807, 2.05) is 25.0 Å². The number of hydrogen-bond donors (Lipinski definition) is 4. The van der Waals surface area contributed by atoms with E-state index in [1.54, 1.807) is 0 Å². The molecule has 2 aromatic rings. The van der Waals surface area contributed by atoms with E-state index in [-0.39, 0.29) is 0 Å². The summed E-state index contributed by atoms with van der Waals surface area (Å²) >= 11 is 0. The first-order chi connectivity index (χ1) is 14.6. The highest BCUT2D eigenvalue weighted by molar-refractivity contribution is 7.83. The lowest BCUT2D eigenvalue weighted by Gasteiger charge is -2.29. The van der Waals surface area contributed by atoms with Crippen LogP contribution in [0.4, 0.5) is 11.5 Å². The maximum atomic E-state index is 11.7. The van der Waals surface area contributed by atoms with Crippen LogP contribution in [0, 0.1) is 0 Å². The third kappa shape index (κ3) is 6.21. The van der Waals surface area contributed by atoms with Gasteiger partial charge in [0.1, 0.15) is 17.8 Å². The Balaban J connectivity index is 0.000000757. The summed E-state index contributed by atoms with van der Waals surface area (Å²) in [6.45, 7) is 6.85. The lowest BCUT2D eigenvalue weighted by Crippen LogP contribution is -2.23. The number of carbonyl (C=O) groups is 1. The van der Waals surface area contributed by atoms with E-state index in [1.165, 1.54) is 12.7 Å². The number of H-pyrrole nitrogens is 1. The van der Waals surface area contributed by atoms with E-state index in [0.29, 0.717) is 24.7 Å². The van der Waals surface area contributed by atoms with Crippen LogP contribution in [0.2, 0.25) is 0 Å². The molecule has 0 spiro atoms. The van der Waals surface area contributed by atoms with Crippen LogP contribution in [0.3, 0.4) is 0 Å². The van der Waals surface area contributed by atoms with Crippen molar-refractivity contribution < 1.29 is 13.7 Å². The molecule has 1 fully saturated rings. The van der Waals surface area contributed by atoms with Gasteiger partial charge in [-0.25, -0.2) is 8.93 Å². The Morgan fingerprint density at radius 1 is 1.20 bits per heavy atom. The Kier molecular flexibility index (Phi) is 9.64. The van der Waals surface area contributed by atoms with Crippen molar-refractivity contribution in [1.82, 2.24) is 14.9 Å². The molecule has 0 saturated heterocycles. The summed E-state index contributed by atoms with van der Waals surface area (Å²) in [5.74, 6) is 1.35. The second kappa shape index (κ2) is 11.9. The van der Waals surface area contributed by atoms with E-state index in [0.717, 1.165) is 47.6 Å². The number of nitrogens with zero attached hydrogens (tertiary/aromatic N) is 1. The van der Waals surface area contributed by atoms with Crippen molar-refractivity contribution in [2.45, 2.75) is 69.1 Å². The predicted octanol–water partition coefficient (Wildman–Crippen LogP) is 3.12. The fraction of sp³-hybridized carbons (Fsp3) is 0.524. The number of hydrogen-bond acceptors (Lipinski definition) is 6. The van der Waals surface area contributed by atoms with Gasteiger partial charge in [-0.1, -0.05) is 0 Å².